The zero-order valence-corrected chi connectivity index (χ0v) is 12.5. The number of aromatic nitrogens is 3. The van der Waals surface area contributed by atoms with Crippen LogP contribution in [-0.4, -0.2) is 26.0 Å². The van der Waals surface area contributed by atoms with Crippen molar-refractivity contribution in [3.8, 4) is 17.1 Å². The predicted octanol–water partition coefficient (Wildman–Crippen LogP) is 3.15. The van der Waals surface area contributed by atoms with Gasteiger partial charge < -0.3 is 10.4 Å². The minimum Gasteiger partial charge on any atom is -0.508 e. The van der Waals surface area contributed by atoms with Crippen LogP contribution in [0.5, 0.6) is 5.75 Å². The van der Waals surface area contributed by atoms with Crippen molar-refractivity contribution >= 4 is 23.2 Å². The largest absolute Gasteiger partial charge is 0.508 e. The highest BCUT2D eigenvalue weighted by Gasteiger charge is 2.11. The maximum Gasteiger partial charge on any atom is 0.258 e. The lowest BCUT2D eigenvalue weighted by Gasteiger charge is -2.06. The molecule has 3 aromatic rings. The Morgan fingerprint density at radius 3 is 2.57 bits per heavy atom. The van der Waals surface area contributed by atoms with E-state index in [0.717, 1.165) is 0 Å². The molecule has 0 atom stereocenters. The maximum absolute atomic E-state index is 12.1. The second kappa shape index (κ2) is 6.41. The van der Waals surface area contributed by atoms with Crippen molar-refractivity contribution < 1.29 is 9.90 Å². The van der Waals surface area contributed by atoms with Crippen LogP contribution < -0.4 is 5.32 Å². The first-order chi connectivity index (χ1) is 11.1. The quantitative estimate of drug-likeness (QED) is 0.722. The number of aromatic hydroxyl groups is 1. The number of carbonyl (C=O) groups is 1. The fourth-order valence-electron chi connectivity index (χ4n) is 1.94. The molecule has 23 heavy (non-hydrogen) atoms. The summed E-state index contributed by atoms with van der Waals surface area (Å²) < 4.78 is 0. The number of amides is 1. The first-order valence-electron chi connectivity index (χ1n) is 6.67. The number of pyridine rings is 1. The van der Waals surface area contributed by atoms with E-state index < -0.39 is 5.91 Å². The number of phenolic OH excluding ortho intramolecular Hbond substituents is 1. The van der Waals surface area contributed by atoms with E-state index in [0.29, 0.717) is 17.1 Å². The van der Waals surface area contributed by atoms with E-state index >= 15 is 0 Å². The van der Waals surface area contributed by atoms with Crippen LogP contribution in [0.1, 0.15) is 10.4 Å². The molecular weight excluding hydrogens is 316 g/mol. The number of halogens is 1. The lowest BCUT2D eigenvalue weighted by Crippen LogP contribution is -2.13. The van der Waals surface area contributed by atoms with Gasteiger partial charge in [-0.05, 0) is 24.3 Å². The van der Waals surface area contributed by atoms with Crippen LogP contribution in [0.25, 0.3) is 11.4 Å². The van der Waals surface area contributed by atoms with Gasteiger partial charge in [0.15, 0.2) is 5.82 Å². The van der Waals surface area contributed by atoms with Gasteiger partial charge >= 0.3 is 0 Å². The third kappa shape index (κ3) is 3.44. The summed E-state index contributed by atoms with van der Waals surface area (Å²) in [6.45, 7) is 0. The highest BCUT2D eigenvalue weighted by atomic mass is 35.5. The number of carbonyl (C=O) groups excluding carboxylic acids is 1. The molecule has 0 aliphatic heterocycles. The Kier molecular flexibility index (Phi) is 4.16. The van der Waals surface area contributed by atoms with E-state index in [1.54, 1.807) is 36.4 Å². The Bertz CT molecular complexity index is 853. The summed E-state index contributed by atoms with van der Waals surface area (Å²) in [5.41, 5.74) is 1.38. The Morgan fingerprint density at radius 2 is 1.87 bits per heavy atom. The summed E-state index contributed by atoms with van der Waals surface area (Å²) in [7, 11) is 0. The predicted molar refractivity (Wildman–Crippen MR) is 86.3 cm³/mol. The summed E-state index contributed by atoms with van der Waals surface area (Å²) in [6.07, 6.45) is 4.47. The standard InChI is InChI=1S/C16H11ClN4O2/c17-14-13(5-2-6-18-14)16(23)21-11-8-19-15(20-9-11)10-3-1-4-12(22)7-10/h1-9,22H,(H,21,23). The monoisotopic (exact) mass is 326 g/mol. The van der Waals surface area contributed by atoms with Gasteiger partial charge in [-0.1, -0.05) is 23.7 Å². The van der Waals surface area contributed by atoms with Gasteiger partial charge in [0.25, 0.3) is 5.91 Å². The van der Waals surface area contributed by atoms with Crippen molar-refractivity contribution in [1.29, 1.82) is 0 Å². The minimum atomic E-state index is -0.392. The van der Waals surface area contributed by atoms with Crippen molar-refractivity contribution in [2.75, 3.05) is 5.32 Å². The van der Waals surface area contributed by atoms with Gasteiger partial charge in [0, 0.05) is 11.8 Å². The van der Waals surface area contributed by atoms with E-state index in [9.17, 15) is 9.90 Å². The minimum absolute atomic E-state index is 0.127. The number of phenols is 1. The van der Waals surface area contributed by atoms with Gasteiger partial charge in [0.05, 0.1) is 23.6 Å². The van der Waals surface area contributed by atoms with Crippen LogP contribution in [-0.2, 0) is 0 Å². The molecule has 0 bridgehead atoms. The summed E-state index contributed by atoms with van der Waals surface area (Å²) >= 11 is 5.88. The molecule has 0 saturated carbocycles. The van der Waals surface area contributed by atoms with Gasteiger partial charge in [0.2, 0.25) is 0 Å². The van der Waals surface area contributed by atoms with Crippen LogP contribution in [0.4, 0.5) is 5.69 Å². The number of hydrogen-bond acceptors (Lipinski definition) is 5. The first-order valence-corrected chi connectivity index (χ1v) is 7.04. The van der Waals surface area contributed by atoms with E-state index in [-0.39, 0.29) is 16.5 Å². The molecule has 2 heterocycles. The number of hydrogen-bond donors (Lipinski definition) is 2. The van der Waals surface area contributed by atoms with Gasteiger partial charge in [-0.2, -0.15) is 0 Å². The van der Waals surface area contributed by atoms with Crippen LogP contribution in [0.2, 0.25) is 5.15 Å². The van der Waals surface area contributed by atoms with E-state index in [1.807, 2.05) is 0 Å². The Hall–Kier alpha value is -2.99. The first kappa shape index (κ1) is 14.9. The molecule has 3 rings (SSSR count). The number of anilines is 1. The molecule has 2 N–H and O–H groups in total. The van der Waals surface area contributed by atoms with E-state index in [1.165, 1.54) is 18.6 Å². The van der Waals surface area contributed by atoms with E-state index in [4.69, 9.17) is 11.6 Å². The number of nitrogens with one attached hydrogen (secondary N) is 1. The summed E-state index contributed by atoms with van der Waals surface area (Å²) in [4.78, 5) is 24.3. The van der Waals surface area contributed by atoms with Crippen LogP contribution >= 0.6 is 11.6 Å². The smallest absolute Gasteiger partial charge is 0.258 e. The Morgan fingerprint density at radius 1 is 1.09 bits per heavy atom. The van der Waals surface area contributed by atoms with Crippen molar-refractivity contribution in [2.24, 2.45) is 0 Å². The Labute approximate surface area is 136 Å². The summed E-state index contributed by atoms with van der Waals surface area (Å²) in [5, 5.41) is 12.2. The highest BCUT2D eigenvalue weighted by Crippen LogP contribution is 2.20. The Balaban J connectivity index is 1.78. The molecule has 7 heteroatoms. The number of benzene rings is 1. The molecule has 0 saturated heterocycles. The van der Waals surface area contributed by atoms with Gasteiger partial charge in [-0.15, -0.1) is 0 Å². The van der Waals surface area contributed by atoms with Crippen LogP contribution in [0.3, 0.4) is 0 Å². The second-order valence-corrected chi connectivity index (χ2v) is 5.00. The van der Waals surface area contributed by atoms with Crippen LogP contribution in [0.15, 0.2) is 55.0 Å². The fraction of sp³-hybridized carbons (Fsp3) is 0. The highest BCUT2D eigenvalue weighted by molar-refractivity contribution is 6.33. The zero-order chi connectivity index (χ0) is 16.2. The molecule has 0 spiro atoms. The maximum atomic E-state index is 12.1. The van der Waals surface area contributed by atoms with Gasteiger partial charge in [0.1, 0.15) is 10.9 Å². The number of rotatable bonds is 3. The van der Waals surface area contributed by atoms with E-state index in [2.05, 4.69) is 20.3 Å². The molecule has 6 nitrogen and oxygen atoms in total. The molecule has 0 radical (unpaired) electrons. The van der Waals surface area contributed by atoms with Crippen molar-refractivity contribution in [2.45, 2.75) is 0 Å². The zero-order valence-electron chi connectivity index (χ0n) is 11.8. The van der Waals surface area contributed by atoms with Gasteiger partial charge in [-0.25, -0.2) is 15.0 Å². The average Bonchev–Trinajstić information content (AvgIpc) is 2.56. The second-order valence-electron chi connectivity index (χ2n) is 4.64. The lowest BCUT2D eigenvalue weighted by atomic mass is 10.2. The van der Waals surface area contributed by atoms with Gasteiger partial charge in [-0.3, -0.25) is 4.79 Å². The average molecular weight is 327 g/mol. The normalized spacial score (nSPS) is 10.3. The van der Waals surface area contributed by atoms with Crippen LogP contribution in [0, 0.1) is 0 Å². The third-order valence-electron chi connectivity index (χ3n) is 3.02. The lowest BCUT2D eigenvalue weighted by molar-refractivity contribution is 0.102. The SMILES string of the molecule is O=C(Nc1cnc(-c2cccc(O)c2)nc1)c1cccnc1Cl. The van der Waals surface area contributed by atoms with Crippen molar-refractivity contribution in [3.05, 3.63) is 65.7 Å². The molecule has 0 fully saturated rings. The molecule has 0 aliphatic carbocycles. The third-order valence-corrected chi connectivity index (χ3v) is 3.32. The molecular formula is C16H11ClN4O2. The fourth-order valence-corrected chi connectivity index (χ4v) is 2.15. The summed E-state index contributed by atoms with van der Waals surface area (Å²) in [5.74, 6) is 0.185. The molecule has 0 aliphatic rings. The molecule has 1 aromatic carbocycles. The topological polar surface area (TPSA) is 88.0 Å². The van der Waals surface area contributed by atoms with Crippen molar-refractivity contribution in [3.63, 3.8) is 0 Å². The van der Waals surface area contributed by atoms with Crippen molar-refractivity contribution in [1.82, 2.24) is 15.0 Å². The molecule has 2 aromatic heterocycles. The number of nitrogens with zero attached hydrogens (tertiary/aromatic N) is 3. The summed E-state index contributed by atoms with van der Waals surface area (Å²) in [6, 6.07) is 9.81. The molecule has 0 unspecified atom stereocenters. The molecule has 1 amide bonds. The molecule has 114 valence electrons.